The van der Waals surface area contributed by atoms with Gasteiger partial charge in [-0.2, -0.15) is 0 Å². The summed E-state index contributed by atoms with van der Waals surface area (Å²) in [6, 6.07) is 8.08. The van der Waals surface area contributed by atoms with Gasteiger partial charge in [-0.15, -0.1) is 0 Å². The van der Waals surface area contributed by atoms with Crippen molar-refractivity contribution in [1.82, 2.24) is 5.32 Å². The maximum atomic E-state index is 11.8. The molecular weight excluding hydrogens is 314 g/mol. The molecule has 128 valence electrons. The number of ether oxygens (including phenoxy) is 3. The quantitative estimate of drug-likeness (QED) is 0.833. The van der Waals surface area contributed by atoms with Crippen molar-refractivity contribution in [3.8, 4) is 5.75 Å². The summed E-state index contributed by atoms with van der Waals surface area (Å²) in [5, 5.41) is 3.52. The zero-order chi connectivity index (χ0) is 17.2. The van der Waals surface area contributed by atoms with Crippen LogP contribution < -0.4 is 15.7 Å². The Hall–Kier alpha value is -2.38. The molecule has 0 aliphatic carbocycles. The van der Waals surface area contributed by atoms with Gasteiger partial charge < -0.3 is 23.9 Å². The van der Waals surface area contributed by atoms with Gasteiger partial charge in [0, 0.05) is 24.1 Å². The molecule has 0 saturated carbocycles. The van der Waals surface area contributed by atoms with E-state index < -0.39 is 11.4 Å². The molecule has 1 saturated heterocycles. The highest BCUT2D eigenvalue weighted by Crippen LogP contribution is 2.22. The highest BCUT2D eigenvalue weighted by atomic mass is 16.7. The van der Waals surface area contributed by atoms with E-state index in [1.54, 1.807) is 24.3 Å². The molecule has 2 aromatic rings. The lowest BCUT2D eigenvalue weighted by Gasteiger charge is -2.17. The van der Waals surface area contributed by atoms with Crippen molar-refractivity contribution in [2.24, 2.45) is 0 Å². The van der Waals surface area contributed by atoms with E-state index in [1.165, 1.54) is 6.07 Å². The Morgan fingerprint density at radius 2 is 2.12 bits per heavy atom. The molecule has 0 spiro atoms. The van der Waals surface area contributed by atoms with Crippen LogP contribution in [-0.4, -0.2) is 37.6 Å². The Labute approximate surface area is 138 Å². The number of fused-ring (bicyclic) bond motifs is 1. The van der Waals surface area contributed by atoms with E-state index in [1.807, 2.05) is 13.8 Å². The number of rotatable bonds is 5. The lowest BCUT2D eigenvalue weighted by Crippen LogP contribution is -2.37. The largest absolute Gasteiger partial charge is 0.484 e. The highest BCUT2D eigenvalue weighted by Gasteiger charge is 2.32. The van der Waals surface area contributed by atoms with E-state index in [0.29, 0.717) is 24.5 Å². The van der Waals surface area contributed by atoms with Gasteiger partial charge in [0.2, 0.25) is 0 Å². The fourth-order valence-electron chi connectivity index (χ4n) is 2.42. The SMILES string of the molecule is CC1(C)OCC(CNC(=O)COc2ccc3ccc(=O)oc3c2)O1. The summed E-state index contributed by atoms with van der Waals surface area (Å²) in [4.78, 5) is 23.1. The third-order valence-electron chi connectivity index (χ3n) is 3.56. The second-order valence-electron chi connectivity index (χ2n) is 6.00. The first-order chi connectivity index (χ1) is 11.4. The molecule has 1 unspecified atom stereocenters. The van der Waals surface area contributed by atoms with Crippen molar-refractivity contribution in [3.05, 3.63) is 40.8 Å². The van der Waals surface area contributed by atoms with Crippen LogP contribution in [0.4, 0.5) is 0 Å². The summed E-state index contributed by atoms with van der Waals surface area (Å²) in [5.41, 5.74) is -0.0155. The van der Waals surface area contributed by atoms with Crippen LogP contribution in [0, 0.1) is 0 Å². The molecule has 1 aromatic heterocycles. The predicted molar refractivity (Wildman–Crippen MR) is 85.9 cm³/mol. The number of benzene rings is 1. The normalized spacial score (nSPS) is 19.3. The molecule has 7 heteroatoms. The van der Waals surface area contributed by atoms with Crippen molar-refractivity contribution < 1.29 is 23.4 Å². The topological polar surface area (TPSA) is 87.0 Å². The summed E-state index contributed by atoms with van der Waals surface area (Å²) >= 11 is 0. The van der Waals surface area contributed by atoms with Crippen molar-refractivity contribution in [3.63, 3.8) is 0 Å². The number of hydrogen-bond acceptors (Lipinski definition) is 6. The minimum Gasteiger partial charge on any atom is -0.484 e. The van der Waals surface area contributed by atoms with Crippen LogP contribution >= 0.6 is 0 Å². The molecule has 1 aliphatic rings. The maximum absolute atomic E-state index is 11.8. The van der Waals surface area contributed by atoms with Crippen LogP contribution in [0.3, 0.4) is 0 Å². The van der Waals surface area contributed by atoms with Gasteiger partial charge in [-0.3, -0.25) is 4.79 Å². The van der Waals surface area contributed by atoms with Crippen molar-refractivity contribution in [2.45, 2.75) is 25.7 Å². The standard InChI is InChI=1S/C17H19NO6/c1-17(2)22-9-13(24-17)8-18-15(19)10-21-12-5-3-11-4-6-16(20)23-14(11)7-12/h3-7,13H,8-10H2,1-2H3,(H,18,19). The van der Waals surface area contributed by atoms with Gasteiger partial charge >= 0.3 is 5.63 Å². The Morgan fingerprint density at radius 3 is 2.88 bits per heavy atom. The maximum Gasteiger partial charge on any atom is 0.336 e. The summed E-state index contributed by atoms with van der Waals surface area (Å²) in [7, 11) is 0. The first-order valence-corrected chi connectivity index (χ1v) is 7.66. The van der Waals surface area contributed by atoms with Crippen LogP contribution in [0.1, 0.15) is 13.8 Å². The zero-order valence-corrected chi connectivity index (χ0v) is 13.5. The number of amides is 1. The Kier molecular flexibility index (Phi) is 4.55. The summed E-state index contributed by atoms with van der Waals surface area (Å²) in [6.07, 6.45) is -0.168. The average molecular weight is 333 g/mol. The fourth-order valence-corrected chi connectivity index (χ4v) is 2.42. The van der Waals surface area contributed by atoms with Crippen molar-refractivity contribution in [1.29, 1.82) is 0 Å². The molecule has 1 amide bonds. The van der Waals surface area contributed by atoms with Crippen molar-refractivity contribution in [2.75, 3.05) is 19.8 Å². The first-order valence-electron chi connectivity index (χ1n) is 7.66. The van der Waals surface area contributed by atoms with E-state index >= 15 is 0 Å². The molecule has 2 heterocycles. The monoisotopic (exact) mass is 333 g/mol. The summed E-state index contributed by atoms with van der Waals surface area (Å²) in [5.74, 6) is -0.424. The molecule has 1 aliphatic heterocycles. The molecule has 1 fully saturated rings. The number of hydrogen-bond donors (Lipinski definition) is 1. The molecular formula is C17H19NO6. The molecule has 0 bridgehead atoms. The average Bonchev–Trinajstić information content (AvgIpc) is 2.89. The van der Waals surface area contributed by atoms with Crippen LogP contribution in [0.15, 0.2) is 39.5 Å². The second-order valence-corrected chi connectivity index (χ2v) is 6.00. The minimum absolute atomic E-state index is 0.139. The third-order valence-corrected chi connectivity index (χ3v) is 3.56. The minimum atomic E-state index is -0.610. The van der Waals surface area contributed by atoms with Crippen molar-refractivity contribution >= 4 is 16.9 Å². The first kappa shape index (κ1) is 16.5. The van der Waals surface area contributed by atoms with Gasteiger partial charge in [-0.05, 0) is 32.0 Å². The van der Waals surface area contributed by atoms with Gasteiger partial charge in [-0.1, -0.05) is 0 Å². The van der Waals surface area contributed by atoms with E-state index in [2.05, 4.69) is 5.32 Å². The Balaban J connectivity index is 1.50. The Morgan fingerprint density at radius 1 is 1.33 bits per heavy atom. The van der Waals surface area contributed by atoms with Crippen LogP contribution in [-0.2, 0) is 14.3 Å². The van der Waals surface area contributed by atoms with Crippen LogP contribution in [0.5, 0.6) is 5.75 Å². The van der Waals surface area contributed by atoms with E-state index in [9.17, 15) is 9.59 Å². The molecule has 24 heavy (non-hydrogen) atoms. The van der Waals surface area contributed by atoms with Gasteiger partial charge in [-0.25, -0.2) is 4.79 Å². The summed E-state index contributed by atoms with van der Waals surface area (Å²) in [6.45, 7) is 4.32. The molecule has 0 radical (unpaired) electrons. The smallest absolute Gasteiger partial charge is 0.336 e. The molecule has 1 aromatic carbocycles. The fraction of sp³-hybridized carbons (Fsp3) is 0.412. The predicted octanol–water partition coefficient (Wildman–Crippen LogP) is 1.44. The number of carbonyl (C=O) groups excluding carboxylic acids is 1. The van der Waals surface area contributed by atoms with Gasteiger partial charge in [0.25, 0.3) is 5.91 Å². The van der Waals surface area contributed by atoms with E-state index in [-0.39, 0.29) is 18.6 Å². The molecule has 1 N–H and O–H groups in total. The highest BCUT2D eigenvalue weighted by molar-refractivity contribution is 5.79. The van der Waals surface area contributed by atoms with Gasteiger partial charge in [0.05, 0.1) is 6.61 Å². The summed E-state index contributed by atoms with van der Waals surface area (Å²) < 4.78 is 21.5. The molecule has 3 rings (SSSR count). The van der Waals surface area contributed by atoms with E-state index in [4.69, 9.17) is 18.6 Å². The van der Waals surface area contributed by atoms with Gasteiger partial charge in [0.15, 0.2) is 12.4 Å². The van der Waals surface area contributed by atoms with Crippen LogP contribution in [0.25, 0.3) is 11.0 Å². The number of nitrogens with one attached hydrogen (secondary N) is 1. The Bertz CT molecular complexity index is 797. The van der Waals surface area contributed by atoms with Crippen LogP contribution in [0.2, 0.25) is 0 Å². The zero-order valence-electron chi connectivity index (χ0n) is 13.5. The van der Waals surface area contributed by atoms with E-state index in [0.717, 1.165) is 5.39 Å². The second kappa shape index (κ2) is 6.62. The third kappa shape index (κ3) is 4.12. The molecule has 7 nitrogen and oxygen atoms in total. The molecule has 1 atom stereocenters. The number of carbonyl (C=O) groups is 1. The lowest BCUT2D eigenvalue weighted by atomic mass is 10.2. The van der Waals surface area contributed by atoms with Gasteiger partial charge in [0.1, 0.15) is 17.4 Å². The lowest BCUT2D eigenvalue weighted by molar-refractivity contribution is -0.139.